The number of nitrogens with zero attached hydrogens (tertiary/aromatic N) is 2. The van der Waals surface area contributed by atoms with Gasteiger partial charge in [0.15, 0.2) is 5.69 Å². The maximum Gasteiger partial charge on any atom is 0.435 e. The summed E-state index contributed by atoms with van der Waals surface area (Å²) >= 11 is 0.707. The van der Waals surface area contributed by atoms with E-state index in [1.807, 2.05) is 18.2 Å². The highest BCUT2D eigenvalue weighted by molar-refractivity contribution is 7.13. The SMILES string of the molecule is CON=Cc1cccc(-c2ccccc2NC(=O)c2sc(C)nc2C(F)(F)F)c1. The summed E-state index contributed by atoms with van der Waals surface area (Å²) in [4.78, 5) is 20.3. The molecule has 0 atom stereocenters. The number of halogens is 3. The first-order valence-electron chi connectivity index (χ1n) is 8.41. The van der Waals surface area contributed by atoms with Crippen LogP contribution in [-0.2, 0) is 11.0 Å². The van der Waals surface area contributed by atoms with Gasteiger partial charge in [-0.25, -0.2) is 4.98 Å². The second-order valence-electron chi connectivity index (χ2n) is 5.95. The first-order valence-corrected chi connectivity index (χ1v) is 9.23. The number of anilines is 1. The molecule has 150 valence electrons. The molecule has 9 heteroatoms. The summed E-state index contributed by atoms with van der Waals surface area (Å²) < 4.78 is 39.6. The molecule has 1 N–H and O–H groups in total. The average Bonchev–Trinajstić information content (AvgIpc) is 3.09. The van der Waals surface area contributed by atoms with Gasteiger partial charge in [-0.2, -0.15) is 13.2 Å². The second kappa shape index (κ2) is 8.44. The van der Waals surface area contributed by atoms with Crippen molar-refractivity contribution < 1.29 is 22.8 Å². The number of oxime groups is 1. The van der Waals surface area contributed by atoms with Gasteiger partial charge in [0, 0.05) is 11.3 Å². The number of nitrogens with one attached hydrogen (secondary N) is 1. The minimum absolute atomic E-state index is 0.167. The van der Waals surface area contributed by atoms with Gasteiger partial charge in [-0.3, -0.25) is 4.79 Å². The Balaban J connectivity index is 1.95. The van der Waals surface area contributed by atoms with E-state index in [4.69, 9.17) is 0 Å². The summed E-state index contributed by atoms with van der Waals surface area (Å²) in [5, 5.41) is 6.47. The molecule has 0 fully saturated rings. The maximum atomic E-state index is 13.2. The van der Waals surface area contributed by atoms with Crippen molar-refractivity contribution in [2.45, 2.75) is 13.1 Å². The number of alkyl halides is 3. The Morgan fingerprint density at radius 3 is 2.69 bits per heavy atom. The molecule has 0 aliphatic carbocycles. The third-order valence-electron chi connectivity index (χ3n) is 3.89. The summed E-state index contributed by atoms with van der Waals surface area (Å²) in [7, 11) is 1.43. The quantitative estimate of drug-likeness (QED) is 0.447. The summed E-state index contributed by atoms with van der Waals surface area (Å²) in [6.45, 7) is 1.43. The Labute approximate surface area is 168 Å². The molecule has 0 aliphatic rings. The number of aryl methyl sites for hydroxylation is 1. The fourth-order valence-electron chi connectivity index (χ4n) is 2.70. The topological polar surface area (TPSA) is 63.6 Å². The van der Waals surface area contributed by atoms with Crippen molar-refractivity contribution in [1.29, 1.82) is 0 Å². The van der Waals surface area contributed by atoms with Gasteiger partial charge in [-0.1, -0.05) is 41.6 Å². The molecular weight excluding hydrogens is 403 g/mol. The summed E-state index contributed by atoms with van der Waals surface area (Å²) in [6.07, 6.45) is -3.17. The number of amides is 1. The first kappa shape index (κ1) is 20.5. The van der Waals surface area contributed by atoms with Crippen LogP contribution in [0.5, 0.6) is 0 Å². The van der Waals surface area contributed by atoms with Gasteiger partial charge in [0.05, 0.1) is 11.2 Å². The third-order valence-corrected chi connectivity index (χ3v) is 4.86. The maximum absolute atomic E-state index is 13.2. The molecule has 1 heterocycles. The number of para-hydroxylation sites is 1. The van der Waals surface area contributed by atoms with E-state index in [0.717, 1.165) is 11.1 Å². The largest absolute Gasteiger partial charge is 0.435 e. The van der Waals surface area contributed by atoms with Gasteiger partial charge in [0.1, 0.15) is 12.0 Å². The van der Waals surface area contributed by atoms with E-state index < -0.39 is 22.7 Å². The van der Waals surface area contributed by atoms with Gasteiger partial charge >= 0.3 is 6.18 Å². The molecule has 0 radical (unpaired) electrons. The zero-order valence-electron chi connectivity index (χ0n) is 15.4. The van der Waals surface area contributed by atoms with Crippen molar-refractivity contribution >= 4 is 29.1 Å². The van der Waals surface area contributed by atoms with E-state index in [9.17, 15) is 18.0 Å². The molecule has 0 saturated carbocycles. The Kier molecular flexibility index (Phi) is 5.97. The second-order valence-corrected chi connectivity index (χ2v) is 7.15. The van der Waals surface area contributed by atoms with Gasteiger partial charge in [0.25, 0.3) is 5.91 Å². The lowest BCUT2D eigenvalue weighted by molar-refractivity contribution is -0.141. The molecule has 3 aromatic rings. The zero-order valence-corrected chi connectivity index (χ0v) is 16.3. The highest BCUT2D eigenvalue weighted by atomic mass is 32.1. The Morgan fingerprint density at radius 1 is 1.21 bits per heavy atom. The summed E-state index contributed by atoms with van der Waals surface area (Å²) in [5.74, 6) is -0.854. The number of carbonyl (C=O) groups is 1. The first-order chi connectivity index (χ1) is 13.8. The van der Waals surface area contributed by atoms with Gasteiger partial charge in [-0.15, -0.1) is 11.3 Å². The molecule has 5 nitrogen and oxygen atoms in total. The third kappa shape index (κ3) is 4.80. The van der Waals surface area contributed by atoms with Crippen molar-refractivity contribution in [3.63, 3.8) is 0 Å². The van der Waals surface area contributed by atoms with E-state index in [1.165, 1.54) is 20.2 Å². The lowest BCUT2D eigenvalue weighted by atomic mass is 10.0. The predicted octanol–water partition coefficient (Wildman–Crippen LogP) is 5.37. The van der Waals surface area contributed by atoms with Crippen LogP contribution in [0.3, 0.4) is 0 Å². The Morgan fingerprint density at radius 2 is 1.97 bits per heavy atom. The van der Waals surface area contributed by atoms with Crippen LogP contribution in [0.2, 0.25) is 0 Å². The number of aromatic nitrogens is 1. The number of thiazole rings is 1. The number of hydrogen-bond acceptors (Lipinski definition) is 5. The Hall–Kier alpha value is -3.20. The van der Waals surface area contributed by atoms with Crippen molar-refractivity contribution in [2.24, 2.45) is 5.16 Å². The average molecular weight is 419 g/mol. The molecule has 0 spiro atoms. The van der Waals surface area contributed by atoms with Crippen LogP contribution in [0.1, 0.15) is 25.9 Å². The molecule has 0 unspecified atom stereocenters. The molecule has 0 bridgehead atoms. The predicted molar refractivity (Wildman–Crippen MR) is 106 cm³/mol. The van der Waals surface area contributed by atoms with Gasteiger partial charge in [-0.05, 0) is 30.2 Å². The Bertz CT molecular complexity index is 1060. The van der Waals surface area contributed by atoms with Gasteiger partial charge < -0.3 is 10.2 Å². The standard InChI is InChI=1S/C20H16F3N3O2S/c1-12-25-18(20(21,22)23)17(29-12)19(27)26-16-9-4-3-8-15(16)14-7-5-6-13(10-14)11-24-28-2/h3-11H,1-2H3,(H,26,27). The van der Waals surface area contributed by atoms with Crippen molar-refractivity contribution in [3.05, 3.63) is 69.7 Å². The monoisotopic (exact) mass is 419 g/mol. The zero-order chi connectivity index (χ0) is 21.0. The lowest BCUT2D eigenvalue weighted by Gasteiger charge is -2.12. The number of benzene rings is 2. The fourth-order valence-corrected chi connectivity index (χ4v) is 3.53. The molecular formula is C20H16F3N3O2S. The van der Waals surface area contributed by atoms with E-state index >= 15 is 0 Å². The van der Waals surface area contributed by atoms with Crippen LogP contribution in [0.4, 0.5) is 18.9 Å². The van der Waals surface area contributed by atoms with Crippen molar-refractivity contribution in [3.8, 4) is 11.1 Å². The molecule has 29 heavy (non-hydrogen) atoms. The van der Waals surface area contributed by atoms with Crippen LogP contribution in [0, 0.1) is 6.92 Å². The van der Waals surface area contributed by atoms with Crippen molar-refractivity contribution in [1.82, 2.24) is 4.98 Å². The van der Waals surface area contributed by atoms with Crippen LogP contribution >= 0.6 is 11.3 Å². The van der Waals surface area contributed by atoms with Crippen LogP contribution in [0.25, 0.3) is 11.1 Å². The molecule has 0 saturated heterocycles. The molecule has 2 aromatic carbocycles. The van der Waals surface area contributed by atoms with E-state index in [0.29, 0.717) is 22.6 Å². The van der Waals surface area contributed by atoms with E-state index in [1.54, 1.807) is 30.3 Å². The van der Waals surface area contributed by atoms with E-state index in [2.05, 4.69) is 20.3 Å². The molecule has 3 rings (SSSR count). The number of carbonyl (C=O) groups excluding carboxylic acids is 1. The van der Waals surface area contributed by atoms with Gasteiger partial charge in [0.2, 0.25) is 0 Å². The summed E-state index contributed by atoms with van der Waals surface area (Å²) in [5.41, 5.74) is 1.40. The molecule has 0 aliphatic heterocycles. The molecule has 1 aromatic heterocycles. The summed E-state index contributed by atoms with van der Waals surface area (Å²) in [6, 6.07) is 14.1. The van der Waals surface area contributed by atoms with Crippen molar-refractivity contribution in [2.75, 3.05) is 12.4 Å². The minimum Gasteiger partial charge on any atom is -0.399 e. The normalized spacial score (nSPS) is 11.6. The molecule has 1 amide bonds. The highest BCUT2D eigenvalue weighted by Gasteiger charge is 2.39. The van der Waals surface area contributed by atoms with Crippen LogP contribution < -0.4 is 5.32 Å². The van der Waals surface area contributed by atoms with Crippen LogP contribution in [-0.4, -0.2) is 24.2 Å². The number of hydrogen-bond donors (Lipinski definition) is 1. The fraction of sp³-hybridized carbons (Fsp3) is 0.150. The van der Waals surface area contributed by atoms with E-state index in [-0.39, 0.29) is 5.01 Å². The van der Waals surface area contributed by atoms with Crippen LogP contribution in [0.15, 0.2) is 53.7 Å². The minimum atomic E-state index is -4.70. The smallest absolute Gasteiger partial charge is 0.399 e. The highest BCUT2D eigenvalue weighted by Crippen LogP contribution is 2.35. The number of rotatable bonds is 5. The lowest BCUT2D eigenvalue weighted by Crippen LogP contribution is -2.17.